The maximum absolute atomic E-state index is 12.9. The highest BCUT2D eigenvalue weighted by Crippen LogP contribution is 2.16. The second-order valence-electron chi connectivity index (χ2n) is 2.81. The molecule has 0 aromatic heterocycles. The highest BCUT2D eigenvalue weighted by Gasteiger charge is 2.12. The fraction of sp³-hybridized carbons (Fsp3) is 0.100. The first-order valence-electron chi connectivity index (χ1n) is 3.97. The van der Waals surface area contributed by atoms with Crippen LogP contribution in [0.5, 0.6) is 0 Å². The average Bonchev–Trinajstić information content (AvgIpc) is 2.17. The first-order chi connectivity index (χ1) is 6.56. The van der Waals surface area contributed by atoms with Gasteiger partial charge in [-0.1, -0.05) is 12.1 Å². The number of hydrogen-bond donors (Lipinski definition) is 2. The van der Waals surface area contributed by atoms with E-state index in [1.54, 1.807) is 0 Å². The van der Waals surface area contributed by atoms with Gasteiger partial charge in [0.15, 0.2) is 0 Å². The second kappa shape index (κ2) is 4.02. The Kier molecular flexibility index (Phi) is 2.99. The molecular weight excluding hydrogens is 185 g/mol. The predicted molar refractivity (Wildman–Crippen MR) is 50.5 cm³/mol. The van der Waals surface area contributed by atoms with Crippen molar-refractivity contribution >= 4 is 5.97 Å². The molecule has 0 radical (unpaired) electrons. The van der Waals surface area contributed by atoms with E-state index in [0.717, 1.165) is 6.07 Å². The number of carbonyl (C=O) groups is 1. The van der Waals surface area contributed by atoms with Gasteiger partial charge in [-0.2, -0.15) is 0 Å². The number of aromatic carboxylic acids is 1. The topological polar surface area (TPSA) is 63.3 Å². The summed E-state index contributed by atoms with van der Waals surface area (Å²) in [5.41, 5.74) is 5.73. The number of carboxylic acids is 1. The van der Waals surface area contributed by atoms with Gasteiger partial charge in [0.2, 0.25) is 0 Å². The second-order valence-corrected chi connectivity index (χ2v) is 2.81. The molecule has 0 aliphatic rings. The van der Waals surface area contributed by atoms with Gasteiger partial charge in [-0.3, -0.25) is 0 Å². The molecule has 1 unspecified atom stereocenters. The molecule has 3 N–H and O–H groups in total. The van der Waals surface area contributed by atoms with Gasteiger partial charge < -0.3 is 10.8 Å². The van der Waals surface area contributed by atoms with Gasteiger partial charge in [0, 0.05) is 6.04 Å². The van der Waals surface area contributed by atoms with E-state index in [4.69, 9.17) is 10.8 Å². The molecule has 3 nitrogen and oxygen atoms in total. The van der Waals surface area contributed by atoms with E-state index in [1.165, 1.54) is 18.2 Å². The number of nitrogens with two attached hydrogens (primary N) is 1. The lowest BCUT2D eigenvalue weighted by molar-refractivity contribution is 0.0692. The zero-order valence-corrected chi connectivity index (χ0v) is 7.40. The van der Waals surface area contributed by atoms with E-state index < -0.39 is 17.8 Å². The van der Waals surface area contributed by atoms with Gasteiger partial charge in [-0.25, -0.2) is 9.18 Å². The number of rotatable bonds is 3. The van der Waals surface area contributed by atoms with E-state index in [2.05, 4.69) is 6.58 Å². The van der Waals surface area contributed by atoms with Crippen LogP contribution in [0.4, 0.5) is 4.39 Å². The molecule has 0 saturated carbocycles. The minimum atomic E-state index is -1.30. The third-order valence-electron chi connectivity index (χ3n) is 1.86. The minimum Gasteiger partial charge on any atom is -0.478 e. The van der Waals surface area contributed by atoms with Crippen LogP contribution in [0.25, 0.3) is 0 Å². The third-order valence-corrected chi connectivity index (χ3v) is 1.86. The lowest BCUT2D eigenvalue weighted by atomic mass is 10.0. The van der Waals surface area contributed by atoms with Crippen LogP contribution in [-0.2, 0) is 0 Å². The molecule has 74 valence electrons. The Morgan fingerprint density at radius 2 is 2.29 bits per heavy atom. The summed E-state index contributed by atoms with van der Waals surface area (Å²) < 4.78 is 12.9. The number of hydrogen-bond acceptors (Lipinski definition) is 2. The van der Waals surface area contributed by atoms with Crippen molar-refractivity contribution in [2.75, 3.05) is 0 Å². The van der Waals surface area contributed by atoms with Crippen molar-refractivity contribution in [1.29, 1.82) is 0 Å². The third kappa shape index (κ3) is 1.97. The molecule has 0 bridgehead atoms. The monoisotopic (exact) mass is 195 g/mol. The number of carboxylic acid groups (broad SMARTS) is 1. The summed E-state index contributed by atoms with van der Waals surface area (Å²) in [7, 11) is 0. The van der Waals surface area contributed by atoms with Crippen LogP contribution in [0.15, 0.2) is 30.9 Å². The molecule has 1 rings (SSSR count). The Balaban J connectivity index is 3.19. The zero-order valence-electron chi connectivity index (χ0n) is 7.40. The van der Waals surface area contributed by atoms with E-state index in [0.29, 0.717) is 5.56 Å². The standard InChI is InChI=1S/C10H10FNO2/c1-2-9(12)6-3-4-8(11)7(5-6)10(13)14/h2-5,9H,1,12H2,(H,13,14). The first kappa shape index (κ1) is 10.4. The Morgan fingerprint density at radius 1 is 1.64 bits per heavy atom. The Labute approximate surface area is 80.7 Å². The number of halogens is 1. The molecule has 0 amide bonds. The van der Waals surface area contributed by atoms with E-state index >= 15 is 0 Å². The van der Waals surface area contributed by atoms with E-state index in [9.17, 15) is 9.18 Å². The molecule has 1 aromatic carbocycles. The quantitative estimate of drug-likeness (QED) is 0.721. The van der Waals surface area contributed by atoms with Crippen molar-refractivity contribution in [1.82, 2.24) is 0 Å². The van der Waals surface area contributed by atoms with Crippen molar-refractivity contribution in [2.45, 2.75) is 6.04 Å². The van der Waals surface area contributed by atoms with Gasteiger partial charge in [0.05, 0.1) is 5.56 Å². The first-order valence-corrected chi connectivity index (χ1v) is 3.97. The summed E-state index contributed by atoms with van der Waals surface area (Å²) >= 11 is 0. The molecule has 0 fully saturated rings. The van der Waals surface area contributed by atoms with Crippen molar-refractivity contribution in [3.8, 4) is 0 Å². The molecule has 0 heterocycles. The van der Waals surface area contributed by atoms with Crippen LogP contribution >= 0.6 is 0 Å². The fourth-order valence-corrected chi connectivity index (χ4v) is 1.05. The minimum absolute atomic E-state index is 0.375. The van der Waals surface area contributed by atoms with Gasteiger partial charge in [0.1, 0.15) is 5.82 Å². The van der Waals surface area contributed by atoms with Crippen LogP contribution in [0.3, 0.4) is 0 Å². The maximum atomic E-state index is 12.9. The van der Waals surface area contributed by atoms with Crippen molar-refractivity contribution in [2.24, 2.45) is 5.73 Å². The summed E-state index contributed by atoms with van der Waals surface area (Å²) in [5, 5.41) is 8.64. The highest BCUT2D eigenvalue weighted by molar-refractivity contribution is 5.88. The van der Waals surface area contributed by atoms with Crippen LogP contribution < -0.4 is 5.73 Å². The molecule has 4 heteroatoms. The normalized spacial score (nSPS) is 12.1. The summed E-state index contributed by atoms with van der Waals surface area (Å²) in [6, 6.07) is 3.26. The summed E-state index contributed by atoms with van der Waals surface area (Å²) in [6.07, 6.45) is 1.46. The molecule has 14 heavy (non-hydrogen) atoms. The van der Waals surface area contributed by atoms with Crippen molar-refractivity contribution in [3.05, 3.63) is 47.8 Å². The molecular formula is C10H10FNO2. The van der Waals surface area contributed by atoms with Gasteiger partial charge >= 0.3 is 5.97 Å². The molecule has 0 spiro atoms. The van der Waals surface area contributed by atoms with Crippen LogP contribution in [0, 0.1) is 5.82 Å². The highest BCUT2D eigenvalue weighted by atomic mass is 19.1. The largest absolute Gasteiger partial charge is 0.478 e. The number of benzene rings is 1. The Bertz CT molecular complexity index is 376. The SMILES string of the molecule is C=CC(N)c1ccc(F)c(C(=O)O)c1. The molecule has 0 aliphatic heterocycles. The van der Waals surface area contributed by atoms with Crippen molar-refractivity contribution < 1.29 is 14.3 Å². The molecule has 0 saturated heterocycles. The predicted octanol–water partition coefficient (Wildman–Crippen LogP) is 1.71. The molecule has 1 aromatic rings. The van der Waals surface area contributed by atoms with E-state index in [-0.39, 0.29) is 5.56 Å². The average molecular weight is 195 g/mol. The summed E-state index contributed by atoms with van der Waals surface area (Å²) in [6.45, 7) is 3.47. The van der Waals surface area contributed by atoms with Gasteiger partial charge in [-0.05, 0) is 17.7 Å². The molecule has 1 atom stereocenters. The Morgan fingerprint density at radius 3 is 2.79 bits per heavy atom. The summed E-state index contributed by atoms with van der Waals surface area (Å²) in [5.74, 6) is -2.07. The van der Waals surface area contributed by atoms with Crippen LogP contribution in [0.1, 0.15) is 22.0 Å². The van der Waals surface area contributed by atoms with Crippen molar-refractivity contribution in [3.63, 3.8) is 0 Å². The van der Waals surface area contributed by atoms with Gasteiger partial charge in [0.25, 0.3) is 0 Å². The smallest absolute Gasteiger partial charge is 0.338 e. The lowest BCUT2D eigenvalue weighted by Crippen LogP contribution is -2.09. The van der Waals surface area contributed by atoms with Gasteiger partial charge in [-0.15, -0.1) is 6.58 Å². The maximum Gasteiger partial charge on any atom is 0.338 e. The van der Waals surface area contributed by atoms with Crippen LogP contribution in [-0.4, -0.2) is 11.1 Å². The molecule has 0 aliphatic carbocycles. The Hall–Kier alpha value is -1.68. The summed E-state index contributed by atoms with van der Waals surface area (Å²) in [4.78, 5) is 10.6. The van der Waals surface area contributed by atoms with Crippen LogP contribution in [0.2, 0.25) is 0 Å². The van der Waals surface area contributed by atoms with E-state index in [1.807, 2.05) is 0 Å². The fourth-order valence-electron chi connectivity index (χ4n) is 1.05. The lowest BCUT2D eigenvalue weighted by Gasteiger charge is -2.07. The zero-order chi connectivity index (χ0) is 10.7.